The van der Waals surface area contributed by atoms with Crippen LogP contribution in [-0.4, -0.2) is 18.5 Å². The first-order valence-corrected chi connectivity index (χ1v) is 3.10. The minimum Gasteiger partial charge on any atom is -0.399 e. The first-order valence-electron chi connectivity index (χ1n) is 3.10. The van der Waals surface area contributed by atoms with Crippen LogP contribution in [0.25, 0.3) is 0 Å². The van der Waals surface area contributed by atoms with Gasteiger partial charge in [-0.1, -0.05) is 5.16 Å². The third-order valence-corrected chi connectivity index (χ3v) is 1.15. The van der Waals surface area contributed by atoms with E-state index in [1.807, 2.05) is 0 Å². The lowest BCUT2D eigenvalue weighted by molar-refractivity contribution is -0.904. The highest BCUT2D eigenvalue weighted by molar-refractivity contribution is 5.78. The second-order valence-corrected chi connectivity index (χ2v) is 1.93. The third-order valence-electron chi connectivity index (χ3n) is 1.15. The van der Waals surface area contributed by atoms with Gasteiger partial charge in [-0.05, 0) is 0 Å². The molecule has 11 heavy (non-hydrogen) atoms. The van der Waals surface area contributed by atoms with Crippen LogP contribution >= 0.6 is 0 Å². The van der Waals surface area contributed by atoms with Gasteiger partial charge in [0, 0.05) is 22.4 Å². The second-order valence-electron chi connectivity index (χ2n) is 1.93. The molecule has 0 aromatic carbocycles. The Morgan fingerprint density at radius 1 is 1.55 bits per heavy atom. The predicted molar refractivity (Wildman–Crippen MR) is 38.4 cm³/mol. The number of aromatic nitrogens is 1. The molecule has 4 heteroatoms. The Hall–Kier alpha value is -1.58. The quantitative estimate of drug-likeness (QED) is 0.285. The van der Waals surface area contributed by atoms with Crippen LogP contribution in [0.15, 0.2) is 29.7 Å². The van der Waals surface area contributed by atoms with Gasteiger partial charge in [-0.25, -0.2) is 0 Å². The summed E-state index contributed by atoms with van der Waals surface area (Å²) in [6, 6.07) is 3.42. The molecule has 0 saturated heterocycles. The Morgan fingerprint density at radius 3 is 2.73 bits per heavy atom. The van der Waals surface area contributed by atoms with E-state index in [4.69, 9.17) is 5.21 Å². The fraction of sp³-hybridized carbons (Fsp3) is 0.143. The number of oxime groups is 1. The summed E-state index contributed by atoms with van der Waals surface area (Å²) in [5.41, 5.74) is 0.872. The molecule has 1 rings (SSSR count). The summed E-state index contributed by atoms with van der Waals surface area (Å²) in [5, 5.41) is 12.4. The highest BCUT2D eigenvalue weighted by Crippen LogP contribution is 1.89. The smallest absolute Gasteiger partial charge is 0.222 e. The van der Waals surface area contributed by atoms with Crippen molar-refractivity contribution in [1.82, 2.24) is 0 Å². The van der Waals surface area contributed by atoms with E-state index < -0.39 is 0 Å². The fourth-order valence-electron chi connectivity index (χ4n) is 0.630. The highest BCUT2D eigenvalue weighted by atomic mass is 16.6. The van der Waals surface area contributed by atoms with Crippen LogP contribution in [0, 0.1) is 0 Å². The summed E-state index contributed by atoms with van der Waals surface area (Å²) in [4.78, 5) is 4.48. The van der Waals surface area contributed by atoms with E-state index in [1.165, 1.54) is 19.5 Å². The minimum absolute atomic E-state index is 0.872. The van der Waals surface area contributed by atoms with Crippen molar-refractivity contribution in [2.24, 2.45) is 5.16 Å². The van der Waals surface area contributed by atoms with Gasteiger partial charge in [0.15, 0.2) is 0 Å². The maximum Gasteiger partial charge on any atom is 0.222 e. The van der Waals surface area contributed by atoms with Crippen molar-refractivity contribution in [3.05, 3.63) is 30.1 Å². The SMILES string of the molecule is CO/N=C/c1cc[n+](O)cc1. The maximum atomic E-state index is 8.82. The van der Waals surface area contributed by atoms with Gasteiger partial charge < -0.3 is 4.84 Å². The van der Waals surface area contributed by atoms with Crippen LogP contribution in [0.1, 0.15) is 5.56 Å². The lowest BCUT2D eigenvalue weighted by Crippen LogP contribution is -2.27. The predicted octanol–water partition coefficient (Wildman–Crippen LogP) is 0.192. The molecule has 0 radical (unpaired) electrons. The van der Waals surface area contributed by atoms with Gasteiger partial charge in [0.05, 0.1) is 6.21 Å². The molecular formula is C7H9N2O2+. The number of nitrogens with zero attached hydrogens (tertiary/aromatic N) is 2. The van der Waals surface area contributed by atoms with Crippen LogP contribution in [0.2, 0.25) is 0 Å². The average molecular weight is 153 g/mol. The van der Waals surface area contributed by atoms with E-state index in [-0.39, 0.29) is 0 Å². The van der Waals surface area contributed by atoms with E-state index in [9.17, 15) is 0 Å². The van der Waals surface area contributed by atoms with E-state index in [1.54, 1.807) is 18.3 Å². The molecule has 4 nitrogen and oxygen atoms in total. The lowest BCUT2D eigenvalue weighted by Gasteiger charge is -1.87. The Labute approximate surface area is 64.3 Å². The zero-order chi connectivity index (χ0) is 8.10. The van der Waals surface area contributed by atoms with Gasteiger partial charge in [0.1, 0.15) is 7.11 Å². The molecule has 0 aliphatic rings. The van der Waals surface area contributed by atoms with E-state index in [0.717, 1.165) is 10.3 Å². The van der Waals surface area contributed by atoms with Crippen LogP contribution < -0.4 is 4.73 Å². The fourth-order valence-corrected chi connectivity index (χ4v) is 0.630. The number of rotatable bonds is 2. The van der Waals surface area contributed by atoms with Crippen molar-refractivity contribution in [3.63, 3.8) is 0 Å². The molecule has 1 heterocycles. The zero-order valence-corrected chi connectivity index (χ0v) is 6.14. The van der Waals surface area contributed by atoms with Crippen LogP contribution in [0.4, 0.5) is 0 Å². The Morgan fingerprint density at radius 2 is 2.18 bits per heavy atom. The molecule has 0 amide bonds. The molecule has 0 saturated carbocycles. The van der Waals surface area contributed by atoms with E-state index >= 15 is 0 Å². The van der Waals surface area contributed by atoms with Gasteiger partial charge in [-0.15, -0.1) is 0 Å². The molecule has 0 atom stereocenters. The van der Waals surface area contributed by atoms with Crippen molar-refractivity contribution in [2.75, 3.05) is 7.11 Å². The minimum atomic E-state index is 0.872. The largest absolute Gasteiger partial charge is 0.399 e. The summed E-state index contributed by atoms with van der Waals surface area (Å²) in [6.07, 6.45) is 4.58. The molecule has 0 spiro atoms. The summed E-state index contributed by atoms with van der Waals surface area (Å²) in [5.74, 6) is 0. The Bertz CT molecular complexity index is 243. The average Bonchev–Trinajstić information content (AvgIpc) is 2.04. The molecular weight excluding hydrogens is 144 g/mol. The second kappa shape index (κ2) is 3.55. The van der Waals surface area contributed by atoms with Crippen molar-refractivity contribution in [2.45, 2.75) is 0 Å². The third kappa shape index (κ3) is 2.25. The molecule has 1 N–H and O–H groups in total. The van der Waals surface area contributed by atoms with E-state index in [2.05, 4.69) is 9.99 Å². The number of hydrogen-bond acceptors (Lipinski definition) is 3. The first kappa shape index (κ1) is 7.53. The summed E-state index contributed by atoms with van der Waals surface area (Å²) in [7, 11) is 1.48. The summed E-state index contributed by atoms with van der Waals surface area (Å²) in [6.45, 7) is 0. The van der Waals surface area contributed by atoms with E-state index in [0.29, 0.717) is 0 Å². The van der Waals surface area contributed by atoms with Gasteiger partial charge in [0.25, 0.3) is 0 Å². The molecule has 0 aliphatic heterocycles. The first-order chi connectivity index (χ1) is 5.33. The normalized spacial score (nSPS) is 10.3. The molecule has 58 valence electrons. The van der Waals surface area contributed by atoms with Gasteiger partial charge in [-0.3, -0.25) is 5.21 Å². The molecule has 0 aliphatic carbocycles. The standard InChI is InChI=1S/C7H9N2O2/c1-11-8-6-7-2-4-9(10)5-3-7/h2-6,10H,1H3/q+1/b8-6+. The zero-order valence-electron chi connectivity index (χ0n) is 6.14. The van der Waals surface area contributed by atoms with Crippen molar-refractivity contribution >= 4 is 6.21 Å². The van der Waals surface area contributed by atoms with Gasteiger partial charge >= 0.3 is 0 Å². The molecule has 0 bridgehead atoms. The van der Waals surface area contributed by atoms with Crippen LogP contribution in [-0.2, 0) is 4.84 Å². The monoisotopic (exact) mass is 153 g/mol. The molecule has 0 unspecified atom stereocenters. The molecule has 0 fully saturated rings. The maximum absolute atomic E-state index is 8.82. The Kier molecular flexibility index (Phi) is 2.43. The molecule has 1 aromatic rings. The van der Waals surface area contributed by atoms with Gasteiger partial charge in [0.2, 0.25) is 12.4 Å². The van der Waals surface area contributed by atoms with Crippen LogP contribution in [0.3, 0.4) is 0 Å². The highest BCUT2D eigenvalue weighted by Gasteiger charge is 1.93. The summed E-state index contributed by atoms with van der Waals surface area (Å²) >= 11 is 0. The lowest BCUT2D eigenvalue weighted by atomic mass is 10.3. The summed E-state index contributed by atoms with van der Waals surface area (Å²) < 4.78 is 0.962. The Balaban J connectivity index is 2.73. The number of pyridine rings is 1. The van der Waals surface area contributed by atoms with Crippen molar-refractivity contribution in [1.29, 1.82) is 0 Å². The van der Waals surface area contributed by atoms with Crippen LogP contribution in [0.5, 0.6) is 0 Å². The van der Waals surface area contributed by atoms with Crippen molar-refractivity contribution < 1.29 is 14.8 Å². The van der Waals surface area contributed by atoms with Crippen molar-refractivity contribution in [3.8, 4) is 0 Å². The molecule has 1 aromatic heterocycles. The van der Waals surface area contributed by atoms with Gasteiger partial charge in [-0.2, -0.15) is 0 Å². The topological polar surface area (TPSA) is 45.7 Å². The number of hydrogen-bond donors (Lipinski definition) is 1.